The fourth-order valence-corrected chi connectivity index (χ4v) is 7.53. The van der Waals surface area contributed by atoms with Crippen LogP contribution in [0.4, 0.5) is 10.6 Å². The summed E-state index contributed by atoms with van der Waals surface area (Å²) in [6.07, 6.45) is 4.38. The third-order valence-electron chi connectivity index (χ3n) is 10.2. The zero-order chi connectivity index (χ0) is 35.8. The van der Waals surface area contributed by atoms with E-state index in [0.29, 0.717) is 41.7 Å². The summed E-state index contributed by atoms with van der Waals surface area (Å²) in [6.45, 7) is 21.0. The molecule has 13 heteroatoms. The van der Waals surface area contributed by atoms with Crippen LogP contribution >= 0.6 is 23.5 Å². The van der Waals surface area contributed by atoms with Crippen LogP contribution in [0, 0.1) is 22.7 Å². The second-order valence-corrected chi connectivity index (χ2v) is 17.0. The number of carbonyl (C=O) groups is 2. The average Bonchev–Trinajstić information content (AvgIpc) is 3.40. The van der Waals surface area contributed by atoms with Gasteiger partial charge in [0, 0.05) is 48.8 Å². The van der Waals surface area contributed by atoms with Crippen LogP contribution in [0.3, 0.4) is 0 Å². The summed E-state index contributed by atoms with van der Waals surface area (Å²) >= 11 is 7.55. The fourth-order valence-electron chi connectivity index (χ4n) is 6.70. The lowest BCUT2D eigenvalue weighted by atomic mass is 9.93. The van der Waals surface area contributed by atoms with Crippen molar-refractivity contribution >= 4 is 41.4 Å². The first-order chi connectivity index (χ1) is 22.9. The lowest BCUT2D eigenvalue weighted by Crippen LogP contribution is -2.45. The second kappa shape index (κ2) is 14.0. The molecule has 2 amide bonds. The molecule has 2 fully saturated rings. The number of amides is 2. The molecule has 1 atom stereocenters. The molecule has 1 aliphatic carbocycles. The van der Waals surface area contributed by atoms with Crippen molar-refractivity contribution in [1.29, 1.82) is 0 Å². The Bertz CT molecular complexity index is 1650. The number of nitrogens with one attached hydrogen (secondary N) is 2. The summed E-state index contributed by atoms with van der Waals surface area (Å²) in [4.78, 5) is 36.6. The van der Waals surface area contributed by atoms with Gasteiger partial charge in [-0.05, 0) is 94.9 Å². The standard InChI is InChI=1S/C36H50ClN7O4S/c1-33(2,3)48-32(46)43-21-23(20-34(43,4)5)12-11-18-38-26-13-10-14-29(39-26)49-42-31(45)24-15-16-27(40-30(24)37)44-19-17-28(41-44)47-22-25-35(6,7)36(25,8)9/h10,13-17,19,23,25H,11-12,18,20-22H2,1-9H3,(H,38,39)(H,42,45)/t23-/m0/s1. The number of rotatable bonds is 12. The maximum absolute atomic E-state index is 13.0. The van der Waals surface area contributed by atoms with Crippen LogP contribution in [0.5, 0.6) is 5.88 Å². The first kappa shape index (κ1) is 36.8. The molecule has 0 spiro atoms. The molecule has 3 aromatic rings. The number of halogens is 1. The monoisotopic (exact) mass is 711 g/mol. The summed E-state index contributed by atoms with van der Waals surface area (Å²) in [5, 5.41) is 8.56. The van der Waals surface area contributed by atoms with Gasteiger partial charge in [-0.1, -0.05) is 45.4 Å². The fraction of sp³-hybridized carbons (Fsp3) is 0.583. The van der Waals surface area contributed by atoms with E-state index in [-0.39, 0.29) is 39.1 Å². The minimum atomic E-state index is -0.513. The lowest BCUT2D eigenvalue weighted by Gasteiger charge is -2.33. The molecule has 0 radical (unpaired) electrons. The van der Waals surface area contributed by atoms with Crippen LogP contribution in [-0.4, -0.2) is 67.5 Å². The number of carbonyl (C=O) groups excluding carboxylic acids is 2. The van der Waals surface area contributed by atoms with Gasteiger partial charge in [-0.25, -0.2) is 19.4 Å². The molecule has 2 aliphatic rings. The normalized spacial score (nSPS) is 19.4. The molecule has 0 aromatic carbocycles. The van der Waals surface area contributed by atoms with E-state index in [1.165, 1.54) is 0 Å². The number of nitrogens with zero attached hydrogens (tertiary/aromatic N) is 5. The van der Waals surface area contributed by atoms with E-state index >= 15 is 0 Å². The Hall–Kier alpha value is -3.51. The highest BCUT2D eigenvalue weighted by molar-refractivity contribution is 7.97. The smallest absolute Gasteiger partial charge is 0.410 e. The van der Waals surface area contributed by atoms with Gasteiger partial charge in [0.1, 0.15) is 21.6 Å². The highest BCUT2D eigenvalue weighted by atomic mass is 35.5. The Morgan fingerprint density at radius 3 is 2.45 bits per heavy atom. The van der Waals surface area contributed by atoms with Crippen molar-refractivity contribution in [1.82, 2.24) is 29.4 Å². The quantitative estimate of drug-likeness (QED) is 0.109. The van der Waals surface area contributed by atoms with Crippen LogP contribution in [0.25, 0.3) is 5.82 Å². The van der Waals surface area contributed by atoms with Crippen LogP contribution in [-0.2, 0) is 4.74 Å². The van der Waals surface area contributed by atoms with Crippen LogP contribution in [0.2, 0.25) is 5.15 Å². The minimum absolute atomic E-state index is 0.0679. The van der Waals surface area contributed by atoms with E-state index in [0.717, 1.165) is 43.6 Å². The largest absolute Gasteiger partial charge is 0.476 e. The number of pyridine rings is 2. The Kier molecular flexibility index (Phi) is 10.5. The van der Waals surface area contributed by atoms with Gasteiger partial charge in [-0.3, -0.25) is 9.52 Å². The van der Waals surface area contributed by atoms with Gasteiger partial charge in [-0.15, -0.1) is 5.10 Å². The molecule has 1 saturated carbocycles. The van der Waals surface area contributed by atoms with E-state index in [2.05, 4.69) is 66.6 Å². The maximum Gasteiger partial charge on any atom is 0.410 e. The van der Waals surface area contributed by atoms with E-state index in [4.69, 9.17) is 21.1 Å². The van der Waals surface area contributed by atoms with Crippen LogP contribution < -0.4 is 14.8 Å². The van der Waals surface area contributed by atoms with E-state index < -0.39 is 5.60 Å². The topological polar surface area (TPSA) is 124 Å². The maximum atomic E-state index is 13.0. The Morgan fingerprint density at radius 2 is 1.78 bits per heavy atom. The van der Waals surface area contributed by atoms with Gasteiger partial charge in [-0.2, -0.15) is 0 Å². The van der Waals surface area contributed by atoms with Gasteiger partial charge in [0.2, 0.25) is 5.88 Å². The van der Waals surface area contributed by atoms with Crippen LogP contribution in [0.15, 0.2) is 47.6 Å². The minimum Gasteiger partial charge on any atom is -0.476 e. The lowest BCUT2D eigenvalue weighted by molar-refractivity contribution is 0.0130. The number of likely N-dealkylation sites (tertiary alicyclic amines) is 1. The van der Waals surface area contributed by atoms with Crippen molar-refractivity contribution in [2.75, 3.05) is 25.0 Å². The number of anilines is 1. The molecule has 0 bridgehead atoms. The summed E-state index contributed by atoms with van der Waals surface area (Å²) in [7, 11) is 0. The van der Waals surface area contributed by atoms with Gasteiger partial charge in [0.15, 0.2) is 5.82 Å². The van der Waals surface area contributed by atoms with Crippen LogP contribution in [0.1, 0.15) is 91.9 Å². The zero-order valence-corrected chi connectivity index (χ0v) is 31.7. The molecule has 1 saturated heterocycles. The molecular formula is C36H50ClN7O4S. The zero-order valence-electron chi connectivity index (χ0n) is 30.1. The SMILES string of the molecule is CC(C)(C)OC(=O)N1C[C@@H](CCCNc2cccc(SNC(=O)c3ccc(-n4ccc(OCC5C(C)(C)C5(C)C)n4)nc3Cl)n2)CC1(C)C. The average molecular weight is 712 g/mol. The van der Waals surface area contributed by atoms with Gasteiger partial charge >= 0.3 is 6.09 Å². The van der Waals surface area contributed by atoms with Crippen molar-refractivity contribution in [3.63, 3.8) is 0 Å². The van der Waals surface area contributed by atoms with Crippen molar-refractivity contribution < 1.29 is 19.1 Å². The molecule has 266 valence electrons. The molecule has 11 nitrogen and oxygen atoms in total. The van der Waals surface area contributed by atoms with Crippen molar-refractivity contribution in [3.8, 4) is 11.7 Å². The number of hydrogen-bond donors (Lipinski definition) is 2. The summed E-state index contributed by atoms with van der Waals surface area (Å²) < 4.78 is 16.0. The van der Waals surface area contributed by atoms with E-state index in [9.17, 15) is 9.59 Å². The molecule has 3 aromatic heterocycles. The van der Waals surface area contributed by atoms with Crippen molar-refractivity contribution in [3.05, 3.63) is 53.3 Å². The Labute approximate surface area is 299 Å². The van der Waals surface area contributed by atoms with Crippen molar-refractivity contribution in [2.45, 2.75) is 97.7 Å². The first-order valence-electron chi connectivity index (χ1n) is 16.9. The number of aromatic nitrogens is 4. The number of hydrogen-bond acceptors (Lipinski definition) is 9. The number of ether oxygens (including phenoxy) is 2. The Balaban J connectivity index is 1.06. The third-order valence-corrected chi connectivity index (χ3v) is 11.2. The molecule has 4 heterocycles. The molecule has 2 N–H and O–H groups in total. The van der Waals surface area contributed by atoms with E-state index in [1.54, 1.807) is 29.1 Å². The Morgan fingerprint density at radius 1 is 1.04 bits per heavy atom. The van der Waals surface area contributed by atoms with Gasteiger partial charge in [0.05, 0.1) is 12.2 Å². The molecule has 0 unspecified atom stereocenters. The molecule has 5 rings (SSSR count). The highest BCUT2D eigenvalue weighted by Crippen LogP contribution is 2.68. The highest BCUT2D eigenvalue weighted by Gasteiger charge is 2.64. The predicted molar refractivity (Wildman–Crippen MR) is 193 cm³/mol. The summed E-state index contributed by atoms with van der Waals surface area (Å²) in [5.41, 5.74) is -0.0299. The summed E-state index contributed by atoms with van der Waals surface area (Å²) in [5.74, 6) is 2.21. The third kappa shape index (κ3) is 8.63. The predicted octanol–water partition coefficient (Wildman–Crippen LogP) is 8.04. The van der Waals surface area contributed by atoms with Gasteiger partial charge < -0.3 is 19.7 Å². The molecule has 49 heavy (non-hydrogen) atoms. The molecule has 1 aliphatic heterocycles. The van der Waals surface area contributed by atoms with Gasteiger partial charge in [0.25, 0.3) is 5.91 Å². The second-order valence-electron chi connectivity index (χ2n) is 15.9. The van der Waals surface area contributed by atoms with Crippen molar-refractivity contribution in [2.24, 2.45) is 22.7 Å². The first-order valence-corrected chi connectivity index (χ1v) is 18.1. The summed E-state index contributed by atoms with van der Waals surface area (Å²) in [6, 6.07) is 10.7. The molecular weight excluding hydrogens is 662 g/mol. The van der Waals surface area contributed by atoms with E-state index in [1.807, 2.05) is 43.9 Å².